The van der Waals surface area contributed by atoms with Crippen LogP contribution in [0.3, 0.4) is 0 Å². The molecule has 0 aliphatic rings. The molecule has 0 saturated carbocycles. The Balaban J connectivity index is 2.96. The van der Waals surface area contributed by atoms with E-state index >= 15 is 0 Å². The summed E-state index contributed by atoms with van der Waals surface area (Å²) >= 11 is 5.70. The van der Waals surface area contributed by atoms with Gasteiger partial charge in [-0.3, -0.25) is 0 Å². The van der Waals surface area contributed by atoms with E-state index in [1.807, 2.05) is 6.92 Å². The summed E-state index contributed by atoms with van der Waals surface area (Å²) in [4.78, 5) is 0. The average Bonchev–Trinajstić information content (AvgIpc) is 2.02. The van der Waals surface area contributed by atoms with Gasteiger partial charge in [-0.25, -0.2) is 0 Å². The minimum Gasteiger partial charge on any atom is -0.0898 e. The van der Waals surface area contributed by atoms with Gasteiger partial charge >= 0.3 is 0 Å². The van der Waals surface area contributed by atoms with Crippen LogP contribution in [0.25, 0.3) is 0 Å². The van der Waals surface area contributed by atoms with Gasteiger partial charge < -0.3 is 0 Å². The lowest BCUT2D eigenvalue weighted by Crippen LogP contribution is -1.77. The van der Waals surface area contributed by atoms with E-state index in [0.717, 1.165) is 11.5 Å². The molecule has 0 radical (unpaired) electrons. The molecule has 72 valence electrons. The first kappa shape index (κ1) is 12.0. The van der Waals surface area contributed by atoms with Crippen molar-refractivity contribution in [2.45, 2.75) is 58.8 Å². The second kappa shape index (κ2) is 9.12. The number of halogens is 1. The quantitative estimate of drug-likeness (QED) is 0.500. The van der Waals surface area contributed by atoms with Crippen molar-refractivity contribution >= 4 is 11.6 Å². The summed E-state index contributed by atoms with van der Waals surface area (Å²) in [6, 6.07) is 0. The summed E-state index contributed by atoms with van der Waals surface area (Å²) in [5, 5.41) is 0.934. The fourth-order valence-electron chi connectivity index (χ4n) is 1.23. The Bertz CT molecular complexity index is 112. The zero-order chi connectivity index (χ0) is 9.23. The molecule has 12 heavy (non-hydrogen) atoms. The van der Waals surface area contributed by atoms with Crippen LogP contribution in [-0.2, 0) is 0 Å². The highest BCUT2D eigenvalue weighted by atomic mass is 35.5. The molecule has 0 rings (SSSR count). The Hall–Kier alpha value is 0.0300. The smallest absolute Gasteiger partial charge is 0.0110 e. The molecule has 0 bridgehead atoms. The van der Waals surface area contributed by atoms with Crippen LogP contribution in [0.5, 0.6) is 0 Å². The van der Waals surface area contributed by atoms with Crippen LogP contribution in [0, 0.1) is 0 Å². The van der Waals surface area contributed by atoms with Gasteiger partial charge in [0.15, 0.2) is 0 Å². The third-order valence-electron chi connectivity index (χ3n) is 1.98. The lowest BCUT2D eigenvalue weighted by atomic mass is 10.1. The molecule has 0 aromatic heterocycles. The molecule has 0 unspecified atom stereocenters. The van der Waals surface area contributed by atoms with Crippen LogP contribution in [0.2, 0.25) is 0 Å². The fourth-order valence-corrected chi connectivity index (χ4v) is 1.33. The van der Waals surface area contributed by atoms with E-state index in [1.165, 1.54) is 38.5 Å². The number of allylic oxidation sites excluding steroid dienone is 2. The molecule has 0 spiro atoms. The van der Waals surface area contributed by atoms with Crippen LogP contribution >= 0.6 is 11.6 Å². The monoisotopic (exact) mass is 188 g/mol. The normalized spacial score (nSPS) is 12.1. The largest absolute Gasteiger partial charge is 0.0898 e. The first-order valence-electron chi connectivity index (χ1n) is 5.09. The predicted octanol–water partition coefficient (Wildman–Crippen LogP) is 4.88. The molecule has 0 amide bonds. The van der Waals surface area contributed by atoms with Gasteiger partial charge in [0, 0.05) is 5.03 Å². The predicted molar refractivity (Wildman–Crippen MR) is 57.6 cm³/mol. The van der Waals surface area contributed by atoms with Gasteiger partial charge in [-0.15, -0.1) is 0 Å². The molecule has 0 fully saturated rings. The average molecular weight is 189 g/mol. The highest BCUT2D eigenvalue weighted by Gasteiger charge is 1.88. The van der Waals surface area contributed by atoms with Crippen molar-refractivity contribution in [3.05, 3.63) is 11.1 Å². The molecule has 0 aliphatic carbocycles. The maximum atomic E-state index is 5.70. The van der Waals surface area contributed by atoms with Gasteiger partial charge in [0.05, 0.1) is 0 Å². The number of unbranched alkanes of at least 4 members (excludes halogenated alkanes) is 6. The Morgan fingerprint density at radius 1 is 1.08 bits per heavy atom. The van der Waals surface area contributed by atoms with E-state index in [9.17, 15) is 0 Å². The van der Waals surface area contributed by atoms with E-state index in [2.05, 4.69) is 13.0 Å². The van der Waals surface area contributed by atoms with Gasteiger partial charge in [0.2, 0.25) is 0 Å². The van der Waals surface area contributed by atoms with Crippen molar-refractivity contribution in [3.8, 4) is 0 Å². The topological polar surface area (TPSA) is 0 Å². The summed E-state index contributed by atoms with van der Waals surface area (Å²) in [5.41, 5.74) is 0. The van der Waals surface area contributed by atoms with Gasteiger partial charge in [-0.1, -0.05) is 56.7 Å². The van der Waals surface area contributed by atoms with Crippen LogP contribution in [0.1, 0.15) is 58.8 Å². The van der Waals surface area contributed by atoms with Gasteiger partial charge in [-0.05, 0) is 19.8 Å². The summed E-state index contributed by atoms with van der Waals surface area (Å²) < 4.78 is 0. The Kier molecular flexibility index (Phi) is 9.14. The maximum absolute atomic E-state index is 5.70. The minimum atomic E-state index is 0.934. The fraction of sp³-hybridized carbons (Fsp3) is 0.818. The van der Waals surface area contributed by atoms with Crippen molar-refractivity contribution < 1.29 is 0 Å². The Labute approximate surface area is 82.0 Å². The van der Waals surface area contributed by atoms with Crippen molar-refractivity contribution in [1.82, 2.24) is 0 Å². The standard InChI is InChI=1S/C11H21Cl/c1-3-4-5-6-7-8-9-10-11(2)12/h10H,3-9H2,1-2H3/b11-10-. The summed E-state index contributed by atoms with van der Waals surface area (Å²) in [6.07, 6.45) is 11.4. The van der Waals surface area contributed by atoms with Crippen LogP contribution < -0.4 is 0 Å². The Morgan fingerprint density at radius 3 is 2.25 bits per heavy atom. The van der Waals surface area contributed by atoms with Gasteiger partial charge in [0.25, 0.3) is 0 Å². The molecule has 0 nitrogen and oxygen atoms in total. The number of hydrogen-bond acceptors (Lipinski definition) is 0. The molecular weight excluding hydrogens is 168 g/mol. The van der Waals surface area contributed by atoms with E-state index in [-0.39, 0.29) is 0 Å². The lowest BCUT2D eigenvalue weighted by Gasteiger charge is -1.97. The SMILES string of the molecule is CCCCCCCC/C=C(/C)Cl. The highest BCUT2D eigenvalue weighted by Crippen LogP contribution is 2.09. The first-order valence-corrected chi connectivity index (χ1v) is 5.47. The zero-order valence-corrected chi connectivity index (χ0v) is 9.16. The molecule has 0 aromatic rings. The lowest BCUT2D eigenvalue weighted by molar-refractivity contribution is 0.611. The van der Waals surface area contributed by atoms with E-state index in [4.69, 9.17) is 11.6 Å². The molecule has 0 saturated heterocycles. The first-order chi connectivity index (χ1) is 5.77. The molecule has 0 aliphatic heterocycles. The number of rotatable bonds is 7. The summed E-state index contributed by atoms with van der Waals surface area (Å²) in [7, 11) is 0. The molecule has 0 atom stereocenters. The van der Waals surface area contributed by atoms with Crippen molar-refractivity contribution in [1.29, 1.82) is 0 Å². The van der Waals surface area contributed by atoms with E-state index < -0.39 is 0 Å². The number of hydrogen-bond donors (Lipinski definition) is 0. The Morgan fingerprint density at radius 2 is 1.67 bits per heavy atom. The second-order valence-corrected chi connectivity index (χ2v) is 3.94. The summed E-state index contributed by atoms with van der Waals surface area (Å²) in [5.74, 6) is 0. The maximum Gasteiger partial charge on any atom is 0.0110 e. The van der Waals surface area contributed by atoms with Crippen molar-refractivity contribution in [2.75, 3.05) is 0 Å². The minimum absolute atomic E-state index is 0.934. The molecule has 0 aromatic carbocycles. The van der Waals surface area contributed by atoms with Crippen molar-refractivity contribution in [2.24, 2.45) is 0 Å². The third kappa shape index (κ3) is 10.0. The van der Waals surface area contributed by atoms with Crippen LogP contribution in [0.15, 0.2) is 11.1 Å². The third-order valence-corrected chi connectivity index (χ3v) is 2.14. The second-order valence-electron chi connectivity index (χ2n) is 3.35. The molecule has 1 heteroatoms. The van der Waals surface area contributed by atoms with Gasteiger partial charge in [0.1, 0.15) is 0 Å². The van der Waals surface area contributed by atoms with E-state index in [1.54, 1.807) is 0 Å². The molecule has 0 N–H and O–H groups in total. The molecule has 0 heterocycles. The van der Waals surface area contributed by atoms with Crippen LogP contribution in [0.4, 0.5) is 0 Å². The van der Waals surface area contributed by atoms with Crippen molar-refractivity contribution in [3.63, 3.8) is 0 Å². The molecular formula is C11H21Cl. The summed E-state index contributed by atoms with van der Waals surface area (Å²) in [6.45, 7) is 4.19. The highest BCUT2D eigenvalue weighted by molar-refractivity contribution is 6.29. The van der Waals surface area contributed by atoms with Crippen LogP contribution in [-0.4, -0.2) is 0 Å². The van der Waals surface area contributed by atoms with E-state index in [0.29, 0.717) is 0 Å². The van der Waals surface area contributed by atoms with Gasteiger partial charge in [-0.2, -0.15) is 0 Å². The zero-order valence-electron chi connectivity index (χ0n) is 8.41.